The summed E-state index contributed by atoms with van der Waals surface area (Å²) in [5, 5.41) is 20.0. The number of hydrogen-bond donors (Lipinski definition) is 4. The molecular formula is C18H21N5O. The van der Waals surface area contributed by atoms with Gasteiger partial charge in [0.2, 0.25) is 0 Å². The number of aliphatic hydroxyl groups is 1. The van der Waals surface area contributed by atoms with Crippen LogP contribution in [0.5, 0.6) is 0 Å². The summed E-state index contributed by atoms with van der Waals surface area (Å²) in [5.74, 6) is 2.33. The predicted molar refractivity (Wildman–Crippen MR) is 94.9 cm³/mol. The third kappa shape index (κ3) is 3.05. The van der Waals surface area contributed by atoms with Crippen molar-refractivity contribution in [1.29, 1.82) is 0 Å². The Morgan fingerprint density at radius 2 is 2.17 bits per heavy atom. The number of hydrogen-bond acceptors (Lipinski definition) is 6. The van der Waals surface area contributed by atoms with E-state index < -0.39 is 0 Å². The van der Waals surface area contributed by atoms with Gasteiger partial charge in [-0.3, -0.25) is 0 Å². The van der Waals surface area contributed by atoms with Gasteiger partial charge in [0.25, 0.3) is 0 Å². The molecule has 4 rings (SSSR count). The Labute approximate surface area is 141 Å². The Bertz CT molecular complexity index is 747. The van der Waals surface area contributed by atoms with Crippen molar-refractivity contribution in [3.8, 4) is 0 Å². The monoisotopic (exact) mass is 323 g/mol. The number of rotatable bonds is 4. The van der Waals surface area contributed by atoms with Crippen LogP contribution in [0.4, 0.5) is 17.5 Å². The van der Waals surface area contributed by atoms with Gasteiger partial charge in [0.15, 0.2) is 0 Å². The fourth-order valence-corrected chi connectivity index (χ4v) is 3.27. The number of nitrogens with zero attached hydrogens (tertiary/aromatic N) is 2. The highest BCUT2D eigenvalue weighted by atomic mass is 16.3. The molecule has 3 heterocycles. The van der Waals surface area contributed by atoms with E-state index in [2.05, 4.69) is 20.9 Å². The van der Waals surface area contributed by atoms with Crippen LogP contribution in [-0.4, -0.2) is 27.2 Å². The van der Waals surface area contributed by atoms with Gasteiger partial charge in [-0.05, 0) is 55.3 Å². The quantitative estimate of drug-likeness (QED) is 0.692. The van der Waals surface area contributed by atoms with Gasteiger partial charge in [0, 0.05) is 18.3 Å². The Hall–Kier alpha value is -2.60. The first-order valence-corrected chi connectivity index (χ1v) is 8.36. The van der Waals surface area contributed by atoms with Crippen LogP contribution in [0.3, 0.4) is 0 Å². The van der Waals surface area contributed by atoms with E-state index in [9.17, 15) is 5.11 Å². The third-order valence-electron chi connectivity index (χ3n) is 4.54. The van der Waals surface area contributed by atoms with Crippen molar-refractivity contribution in [2.75, 3.05) is 10.6 Å². The van der Waals surface area contributed by atoms with Crippen LogP contribution in [0.1, 0.15) is 30.4 Å². The molecule has 2 atom stereocenters. The molecule has 4 N–H and O–H groups in total. The SMILES string of the molecule is O[C@@H]1CCC[C@H]1Nc1nc(Nc2ccccn2)cc2c1CNC=C2. The molecule has 1 fully saturated rings. The molecule has 0 bridgehead atoms. The summed E-state index contributed by atoms with van der Waals surface area (Å²) in [4.78, 5) is 9.02. The molecule has 0 spiro atoms. The molecule has 6 nitrogen and oxygen atoms in total. The maximum absolute atomic E-state index is 10.1. The van der Waals surface area contributed by atoms with Crippen LogP contribution in [0.2, 0.25) is 0 Å². The summed E-state index contributed by atoms with van der Waals surface area (Å²) >= 11 is 0. The van der Waals surface area contributed by atoms with Crippen molar-refractivity contribution < 1.29 is 5.11 Å². The van der Waals surface area contributed by atoms with E-state index in [0.29, 0.717) is 0 Å². The van der Waals surface area contributed by atoms with Crippen LogP contribution in [-0.2, 0) is 6.54 Å². The van der Waals surface area contributed by atoms with Crippen molar-refractivity contribution in [3.05, 3.63) is 47.8 Å². The van der Waals surface area contributed by atoms with Crippen LogP contribution in [0.25, 0.3) is 6.08 Å². The third-order valence-corrected chi connectivity index (χ3v) is 4.54. The Morgan fingerprint density at radius 1 is 1.21 bits per heavy atom. The molecule has 0 amide bonds. The largest absolute Gasteiger partial charge is 0.391 e. The summed E-state index contributed by atoms with van der Waals surface area (Å²) in [6.07, 6.45) is 8.30. The number of anilines is 3. The summed E-state index contributed by atoms with van der Waals surface area (Å²) < 4.78 is 0. The first-order chi connectivity index (χ1) is 11.8. The molecule has 124 valence electrons. The van der Waals surface area contributed by atoms with Gasteiger partial charge in [-0.1, -0.05) is 6.07 Å². The lowest BCUT2D eigenvalue weighted by Crippen LogP contribution is -2.29. The van der Waals surface area contributed by atoms with E-state index in [0.717, 1.165) is 54.4 Å². The molecule has 1 saturated carbocycles. The molecule has 1 aliphatic heterocycles. The molecular weight excluding hydrogens is 302 g/mol. The number of aromatic nitrogens is 2. The Morgan fingerprint density at radius 3 is 2.96 bits per heavy atom. The normalized spacial score (nSPS) is 21.9. The molecule has 24 heavy (non-hydrogen) atoms. The standard InChI is InChI=1S/C18H21N5O/c24-15-5-3-4-14(15)21-18-13-11-19-9-7-12(13)10-17(23-18)22-16-6-1-2-8-20-16/h1-2,6-10,14-15,19,24H,3-5,11H2,(H2,20,21,22,23)/t14-,15-/m1/s1. The van der Waals surface area contributed by atoms with Crippen molar-refractivity contribution in [1.82, 2.24) is 15.3 Å². The van der Waals surface area contributed by atoms with Gasteiger partial charge in [-0.2, -0.15) is 0 Å². The van der Waals surface area contributed by atoms with Crippen molar-refractivity contribution in [3.63, 3.8) is 0 Å². The highest BCUT2D eigenvalue weighted by Crippen LogP contribution is 2.29. The van der Waals surface area contributed by atoms with Crippen molar-refractivity contribution in [2.45, 2.75) is 38.0 Å². The van der Waals surface area contributed by atoms with Crippen LogP contribution >= 0.6 is 0 Å². The number of pyridine rings is 2. The molecule has 0 aromatic carbocycles. The highest BCUT2D eigenvalue weighted by Gasteiger charge is 2.26. The molecule has 0 unspecified atom stereocenters. The van der Waals surface area contributed by atoms with Crippen LogP contribution < -0.4 is 16.0 Å². The second-order valence-corrected chi connectivity index (χ2v) is 6.23. The average Bonchev–Trinajstić information content (AvgIpc) is 3.01. The highest BCUT2D eigenvalue weighted by molar-refractivity contribution is 5.69. The number of nitrogens with one attached hydrogen (secondary N) is 3. The van der Waals surface area contributed by atoms with Crippen molar-refractivity contribution >= 4 is 23.5 Å². The van der Waals surface area contributed by atoms with E-state index in [1.165, 1.54) is 0 Å². The second kappa shape index (κ2) is 6.49. The zero-order valence-corrected chi connectivity index (χ0v) is 13.4. The fourth-order valence-electron chi connectivity index (χ4n) is 3.27. The minimum absolute atomic E-state index is 0.0672. The minimum Gasteiger partial charge on any atom is -0.391 e. The Balaban J connectivity index is 1.66. The number of aliphatic hydroxyl groups excluding tert-OH is 1. The minimum atomic E-state index is -0.304. The lowest BCUT2D eigenvalue weighted by Gasteiger charge is -2.23. The summed E-state index contributed by atoms with van der Waals surface area (Å²) in [6.45, 7) is 0.730. The molecule has 6 heteroatoms. The van der Waals surface area contributed by atoms with Gasteiger partial charge < -0.3 is 21.1 Å². The molecule has 0 saturated heterocycles. The lowest BCUT2D eigenvalue weighted by molar-refractivity contribution is 0.171. The first kappa shape index (κ1) is 15.0. The average molecular weight is 323 g/mol. The topological polar surface area (TPSA) is 82.1 Å². The molecule has 2 aromatic heterocycles. The Kier molecular flexibility index (Phi) is 4.04. The predicted octanol–water partition coefficient (Wildman–Crippen LogP) is 2.62. The van der Waals surface area contributed by atoms with E-state index in [-0.39, 0.29) is 12.1 Å². The van der Waals surface area contributed by atoms with Gasteiger partial charge in [-0.25, -0.2) is 9.97 Å². The summed E-state index contributed by atoms with van der Waals surface area (Å²) in [5.41, 5.74) is 2.25. The smallest absolute Gasteiger partial charge is 0.134 e. The zero-order valence-electron chi connectivity index (χ0n) is 13.4. The summed E-state index contributed by atoms with van der Waals surface area (Å²) in [7, 11) is 0. The zero-order chi connectivity index (χ0) is 16.4. The van der Waals surface area contributed by atoms with E-state index in [4.69, 9.17) is 4.98 Å². The molecule has 0 radical (unpaired) electrons. The maximum Gasteiger partial charge on any atom is 0.134 e. The molecule has 2 aliphatic rings. The van der Waals surface area contributed by atoms with E-state index in [1.807, 2.05) is 36.5 Å². The van der Waals surface area contributed by atoms with E-state index >= 15 is 0 Å². The maximum atomic E-state index is 10.1. The lowest BCUT2D eigenvalue weighted by atomic mass is 10.1. The van der Waals surface area contributed by atoms with E-state index in [1.54, 1.807) is 6.20 Å². The van der Waals surface area contributed by atoms with Gasteiger partial charge in [0.1, 0.15) is 17.5 Å². The van der Waals surface area contributed by atoms with Crippen molar-refractivity contribution in [2.24, 2.45) is 0 Å². The number of fused-ring (bicyclic) bond motifs is 1. The summed E-state index contributed by atoms with van der Waals surface area (Å²) in [6, 6.07) is 7.82. The second-order valence-electron chi connectivity index (χ2n) is 6.23. The van der Waals surface area contributed by atoms with Crippen LogP contribution in [0.15, 0.2) is 36.7 Å². The molecule has 1 aliphatic carbocycles. The fraction of sp³-hybridized carbons (Fsp3) is 0.333. The van der Waals surface area contributed by atoms with Crippen LogP contribution in [0, 0.1) is 0 Å². The van der Waals surface area contributed by atoms with Gasteiger partial charge in [0.05, 0.1) is 12.1 Å². The van der Waals surface area contributed by atoms with Gasteiger partial charge >= 0.3 is 0 Å². The molecule has 2 aromatic rings. The van der Waals surface area contributed by atoms with Gasteiger partial charge in [-0.15, -0.1) is 0 Å². The first-order valence-electron chi connectivity index (χ1n) is 8.36.